The van der Waals surface area contributed by atoms with E-state index < -0.39 is 14.1 Å². The highest BCUT2D eigenvalue weighted by Gasteiger charge is 2.44. The van der Waals surface area contributed by atoms with E-state index in [4.69, 9.17) is 29.8 Å². The normalized spacial score (nSPS) is 22.5. The van der Waals surface area contributed by atoms with Crippen molar-refractivity contribution in [1.82, 2.24) is 0 Å². The van der Waals surface area contributed by atoms with Crippen molar-refractivity contribution in [2.75, 3.05) is 7.11 Å². The Hall–Kier alpha value is -1.62. The van der Waals surface area contributed by atoms with Gasteiger partial charge in [-0.05, 0) is 63.0 Å². The molecule has 1 heterocycles. The Morgan fingerprint density at radius 1 is 1.18 bits per heavy atom. The highest BCUT2D eigenvalue weighted by atomic mass is 28.4. The molecule has 0 bridgehead atoms. The van der Waals surface area contributed by atoms with Gasteiger partial charge in [0, 0.05) is 12.5 Å². The molecule has 34 heavy (non-hydrogen) atoms. The zero-order chi connectivity index (χ0) is 25.6. The summed E-state index contributed by atoms with van der Waals surface area (Å²) in [7, 11) is -0.161. The molecule has 1 aliphatic heterocycles. The number of methoxy groups -OCH3 is 1. The Kier molecular flexibility index (Phi) is 9.99. The summed E-state index contributed by atoms with van der Waals surface area (Å²) in [5.41, 5.74) is 1.06. The fraction of sp³-hybridized carbons (Fsp3) is 0.643. The number of ether oxygens (including phenoxy) is 4. The van der Waals surface area contributed by atoms with Crippen molar-refractivity contribution in [1.29, 1.82) is 0 Å². The maximum absolute atomic E-state index is 6.51. The summed E-state index contributed by atoms with van der Waals surface area (Å²) in [6.45, 7) is 17.7. The second kappa shape index (κ2) is 11.9. The molecule has 4 atom stereocenters. The first-order chi connectivity index (χ1) is 15.8. The first kappa shape index (κ1) is 28.6. The van der Waals surface area contributed by atoms with E-state index in [1.54, 1.807) is 7.11 Å². The van der Waals surface area contributed by atoms with E-state index in [-0.39, 0.29) is 29.5 Å². The van der Waals surface area contributed by atoms with Crippen LogP contribution < -0.4 is 4.74 Å². The van der Waals surface area contributed by atoms with Crippen LogP contribution >= 0.6 is 0 Å². The Morgan fingerprint density at radius 3 is 2.38 bits per heavy atom. The molecule has 0 amide bonds. The minimum atomic E-state index is -1.82. The number of rotatable bonds is 11. The van der Waals surface area contributed by atoms with E-state index in [9.17, 15) is 0 Å². The lowest BCUT2D eigenvalue weighted by molar-refractivity contribution is -0.156. The Balaban J connectivity index is 2.13. The van der Waals surface area contributed by atoms with Crippen molar-refractivity contribution >= 4 is 8.32 Å². The van der Waals surface area contributed by atoms with Gasteiger partial charge in [-0.15, -0.1) is 12.3 Å². The van der Waals surface area contributed by atoms with Gasteiger partial charge >= 0.3 is 0 Å². The highest BCUT2D eigenvalue weighted by Crippen LogP contribution is 2.38. The average molecular weight is 489 g/mol. The van der Waals surface area contributed by atoms with E-state index in [2.05, 4.69) is 58.9 Å². The monoisotopic (exact) mass is 488 g/mol. The van der Waals surface area contributed by atoms with Crippen LogP contribution in [0.25, 0.3) is 0 Å². The average Bonchev–Trinajstić information content (AvgIpc) is 3.04. The van der Waals surface area contributed by atoms with Gasteiger partial charge in [-0.1, -0.05) is 45.1 Å². The molecular weight excluding hydrogens is 444 g/mol. The molecule has 0 N–H and O–H groups in total. The molecule has 5 nitrogen and oxygen atoms in total. The molecule has 0 unspecified atom stereocenters. The maximum Gasteiger partial charge on any atom is 0.192 e. The second-order valence-electron chi connectivity index (χ2n) is 11.0. The summed E-state index contributed by atoms with van der Waals surface area (Å²) < 4.78 is 30.4. The van der Waals surface area contributed by atoms with Crippen molar-refractivity contribution in [3.63, 3.8) is 0 Å². The summed E-state index contributed by atoms with van der Waals surface area (Å²) in [6.07, 6.45) is 10.4. The molecule has 1 aromatic carbocycles. The molecule has 1 aromatic rings. The predicted octanol–water partition coefficient (Wildman–Crippen LogP) is 6.48. The van der Waals surface area contributed by atoms with Gasteiger partial charge in [-0.2, -0.15) is 0 Å². The van der Waals surface area contributed by atoms with E-state index in [1.165, 1.54) is 0 Å². The highest BCUT2D eigenvalue weighted by molar-refractivity contribution is 6.74. The SMILES string of the molecule is C#CC[C@@H]1OC(C)(C)O[C@@H]1[C@@H](/C=C\C[C@@H](C)O[Si](C)(C)C(C)(C)C)OCc1ccc(OC)cc1. The van der Waals surface area contributed by atoms with Crippen molar-refractivity contribution in [2.45, 2.75) is 109 Å². The second-order valence-corrected chi connectivity index (χ2v) is 15.8. The third kappa shape index (κ3) is 8.25. The molecule has 0 aliphatic carbocycles. The predicted molar refractivity (Wildman–Crippen MR) is 140 cm³/mol. The van der Waals surface area contributed by atoms with Crippen LogP contribution in [0.1, 0.15) is 59.9 Å². The fourth-order valence-corrected chi connectivity index (χ4v) is 5.18. The van der Waals surface area contributed by atoms with Gasteiger partial charge < -0.3 is 23.4 Å². The Bertz CT molecular complexity index is 832. The third-order valence-corrected chi connectivity index (χ3v) is 11.2. The number of hydrogen-bond acceptors (Lipinski definition) is 5. The van der Waals surface area contributed by atoms with Crippen LogP contribution in [0.4, 0.5) is 0 Å². The van der Waals surface area contributed by atoms with E-state index in [0.717, 1.165) is 17.7 Å². The minimum absolute atomic E-state index is 0.123. The molecule has 0 spiro atoms. The van der Waals surface area contributed by atoms with Crippen molar-refractivity contribution < 1.29 is 23.4 Å². The first-order valence-electron chi connectivity index (χ1n) is 12.2. The van der Waals surface area contributed by atoms with Crippen molar-refractivity contribution in [2.24, 2.45) is 0 Å². The van der Waals surface area contributed by atoms with Gasteiger partial charge in [-0.3, -0.25) is 0 Å². The zero-order valence-corrected chi connectivity index (χ0v) is 23.5. The standard InChI is InChI=1S/C28H44O5Si/c1-11-13-25-26(32-28(6,7)31-25)24(30-20-22-16-18-23(29-8)19-17-22)15-12-14-21(2)33-34(9,10)27(3,4)5/h1,12,15-19,21,24-26H,13-14,20H2,2-10H3/b15-12-/t21-,24-,25+,26-/m1/s1. The Morgan fingerprint density at radius 2 is 1.82 bits per heavy atom. The molecule has 1 saturated heterocycles. The molecule has 6 heteroatoms. The van der Waals surface area contributed by atoms with Gasteiger partial charge in [0.15, 0.2) is 14.1 Å². The summed E-state index contributed by atoms with van der Waals surface area (Å²) in [4.78, 5) is 0. The van der Waals surface area contributed by atoms with Crippen LogP contribution in [-0.2, 0) is 25.2 Å². The zero-order valence-electron chi connectivity index (χ0n) is 22.5. The van der Waals surface area contributed by atoms with Gasteiger partial charge in [0.05, 0.1) is 13.7 Å². The molecule has 1 aliphatic rings. The van der Waals surface area contributed by atoms with Crippen molar-refractivity contribution in [3.05, 3.63) is 42.0 Å². The van der Waals surface area contributed by atoms with E-state index in [0.29, 0.717) is 13.0 Å². The molecule has 190 valence electrons. The quantitative estimate of drug-likeness (QED) is 0.203. The van der Waals surface area contributed by atoms with Crippen molar-refractivity contribution in [3.8, 4) is 18.1 Å². The van der Waals surface area contributed by atoms with Crippen LogP contribution in [0.3, 0.4) is 0 Å². The topological polar surface area (TPSA) is 46.2 Å². The van der Waals surface area contributed by atoms with Crippen LogP contribution in [-0.4, -0.2) is 45.6 Å². The van der Waals surface area contributed by atoms with Crippen LogP contribution in [0.2, 0.25) is 18.1 Å². The van der Waals surface area contributed by atoms with Gasteiger partial charge in [0.25, 0.3) is 0 Å². The molecule has 2 rings (SSSR count). The largest absolute Gasteiger partial charge is 0.497 e. The summed E-state index contributed by atoms with van der Waals surface area (Å²) in [6, 6.07) is 7.87. The number of terminal acetylenes is 1. The summed E-state index contributed by atoms with van der Waals surface area (Å²) in [5.74, 6) is 2.83. The summed E-state index contributed by atoms with van der Waals surface area (Å²) in [5, 5.41) is 0.179. The lowest BCUT2D eigenvalue weighted by atomic mass is 10.0. The van der Waals surface area contributed by atoms with E-state index >= 15 is 0 Å². The number of hydrogen-bond donors (Lipinski definition) is 0. The minimum Gasteiger partial charge on any atom is -0.497 e. The van der Waals surface area contributed by atoms with Gasteiger partial charge in [0.1, 0.15) is 24.1 Å². The lowest BCUT2D eigenvalue weighted by Crippen LogP contribution is -2.43. The summed E-state index contributed by atoms with van der Waals surface area (Å²) >= 11 is 0. The molecule has 1 fully saturated rings. The fourth-order valence-electron chi connectivity index (χ4n) is 3.72. The third-order valence-electron chi connectivity index (χ3n) is 6.56. The van der Waals surface area contributed by atoms with Gasteiger partial charge in [-0.25, -0.2) is 0 Å². The molecular formula is C28H44O5Si. The van der Waals surface area contributed by atoms with Crippen LogP contribution in [0.5, 0.6) is 5.75 Å². The molecule has 0 saturated carbocycles. The number of benzene rings is 1. The molecule has 0 radical (unpaired) electrons. The maximum atomic E-state index is 6.51. The lowest BCUT2D eigenvalue weighted by Gasteiger charge is -2.38. The van der Waals surface area contributed by atoms with Gasteiger partial charge in [0.2, 0.25) is 0 Å². The molecule has 0 aromatic heterocycles. The van der Waals surface area contributed by atoms with Crippen LogP contribution in [0.15, 0.2) is 36.4 Å². The van der Waals surface area contributed by atoms with Crippen LogP contribution in [0, 0.1) is 12.3 Å². The Labute approximate surface area is 208 Å². The van der Waals surface area contributed by atoms with E-state index in [1.807, 2.05) is 38.1 Å². The smallest absolute Gasteiger partial charge is 0.192 e. The first-order valence-corrected chi connectivity index (χ1v) is 15.1.